The van der Waals surface area contributed by atoms with Crippen molar-refractivity contribution in [3.63, 3.8) is 0 Å². The number of nitrogens with one attached hydrogen (secondary N) is 1. The van der Waals surface area contributed by atoms with Crippen LogP contribution in [0.15, 0.2) is 24.5 Å². The molecule has 2 aliphatic heterocycles. The van der Waals surface area contributed by atoms with Crippen molar-refractivity contribution in [2.75, 3.05) is 0 Å². The Balaban J connectivity index is 1.65. The predicted octanol–water partition coefficient (Wildman–Crippen LogP) is 2.15. The molecule has 3 rings (SSSR count). The van der Waals surface area contributed by atoms with E-state index < -0.39 is 0 Å². The number of aromatic nitrogens is 1. The van der Waals surface area contributed by atoms with Gasteiger partial charge in [-0.3, -0.25) is 4.98 Å². The third-order valence-corrected chi connectivity index (χ3v) is 3.82. The average molecular weight is 202 g/mol. The molecule has 0 aromatic carbocycles. The molecular formula is C13H18N2. The number of rotatable bonds is 2. The molecule has 0 aliphatic carbocycles. The van der Waals surface area contributed by atoms with Gasteiger partial charge < -0.3 is 5.32 Å². The number of piperidine rings is 1. The Labute approximate surface area is 91.1 Å². The summed E-state index contributed by atoms with van der Waals surface area (Å²) in [6, 6.07) is 5.87. The summed E-state index contributed by atoms with van der Waals surface area (Å²) in [6.45, 7) is 0. The molecule has 1 N–H and O–H groups in total. The Hall–Kier alpha value is -0.890. The lowest BCUT2D eigenvalue weighted by molar-refractivity contribution is 0.298. The van der Waals surface area contributed by atoms with E-state index in [0.29, 0.717) is 0 Å². The zero-order valence-corrected chi connectivity index (χ0v) is 9.02. The van der Waals surface area contributed by atoms with Gasteiger partial charge in [0.1, 0.15) is 0 Å². The number of hydrogen-bond donors (Lipinski definition) is 1. The van der Waals surface area contributed by atoms with Crippen LogP contribution in [0.4, 0.5) is 0 Å². The minimum atomic E-state index is 0.811. The van der Waals surface area contributed by atoms with Crippen LogP contribution in [-0.4, -0.2) is 17.1 Å². The Morgan fingerprint density at radius 2 is 2.07 bits per heavy atom. The highest BCUT2D eigenvalue weighted by molar-refractivity contribution is 5.10. The molecule has 2 aliphatic rings. The summed E-state index contributed by atoms with van der Waals surface area (Å²) in [7, 11) is 0. The van der Waals surface area contributed by atoms with E-state index in [4.69, 9.17) is 0 Å². The normalized spacial score (nSPS) is 34.3. The zero-order chi connectivity index (χ0) is 10.1. The Morgan fingerprint density at radius 3 is 2.73 bits per heavy atom. The molecule has 2 saturated heterocycles. The van der Waals surface area contributed by atoms with Crippen LogP contribution in [0.25, 0.3) is 0 Å². The molecule has 2 atom stereocenters. The molecule has 2 fully saturated rings. The summed E-state index contributed by atoms with van der Waals surface area (Å²) in [5.74, 6) is 0.882. The first kappa shape index (κ1) is 9.34. The molecule has 1 aromatic heterocycles. The summed E-state index contributed by atoms with van der Waals surface area (Å²) >= 11 is 0. The van der Waals surface area contributed by atoms with E-state index in [1.165, 1.54) is 37.7 Å². The molecule has 2 unspecified atom stereocenters. The van der Waals surface area contributed by atoms with Crippen LogP contribution in [0.1, 0.15) is 31.2 Å². The van der Waals surface area contributed by atoms with Gasteiger partial charge in [-0.15, -0.1) is 0 Å². The van der Waals surface area contributed by atoms with E-state index in [2.05, 4.69) is 16.4 Å². The van der Waals surface area contributed by atoms with Gasteiger partial charge in [0.15, 0.2) is 0 Å². The van der Waals surface area contributed by atoms with Crippen molar-refractivity contribution in [3.05, 3.63) is 30.1 Å². The van der Waals surface area contributed by atoms with Crippen LogP contribution in [0, 0.1) is 5.92 Å². The minimum Gasteiger partial charge on any atom is -0.311 e. The van der Waals surface area contributed by atoms with Crippen LogP contribution in [0.5, 0.6) is 0 Å². The monoisotopic (exact) mass is 202 g/mol. The van der Waals surface area contributed by atoms with Gasteiger partial charge in [-0.2, -0.15) is 0 Å². The van der Waals surface area contributed by atoms with E-state index in [0.717, 1.165) is 18.0 Å². The maximum Gasteiger partial charge on any atom is 0.0299 e. The molecule has 80 valence electrons. The number of nitrogens with zero attached hydrogens (tertiary/aromatic N) is 1. The fourth-order valence-electron chi connectivity index (χ4n) is 3.19. The molecule has 0 saturated carbocycles. The third kappa shape index (κ3) is 2.05. The maximum atomic E-state index is 4.19. The SMILES string of the molecule is c1cncc(CC2CC3CCC(C2)N3)c1. The first-order valence-electron chi connectivity index (χ1n) is 6.05. The lowest BCUT2D eigenvalue weighted by Gasteiger charge is -2.29. The van der Waals surface area contributed by atoms with Crippen LogP contribution in [-0.2, 0) is 6.42 Å². The standard InChI is InChI=1S/C13H18N2/c1-2-10(9-14-5-1)6-11-7-12-3-4-13(8-11)15-12/h1-2,5,9,11-13,15H,3-4,6-8H2. The molecule has 15 heavy (non-hydrogen) atoms. The first-order valence-corrected chi connectivity index (χ1v) is 6.05. The second kappa shape index (κ2) is 3.93. The summed E-state index contributed by atoms with van der Waals surface area (Å²) in [5.41, 5.74) is 1.41. The van der Waals surface area contributed by atoms with Crippen LogP contribution >= 0.6 is 0 Å². The smallest absolute Gasteiger partial charge is 0.0299 e. The molecule has 2 nitrogen and oxygen atoms in total. The molecule has 2 bridgehead atoms. The Kier molecular flexibility index (Phi) is 2.45. The quantitative estimate of drug-likeness (QED) is 0.795. The molecular weight excluding hydrogens is 184 g/mol. The van der Waals surface area contributed by atoms with Crippen molar-refractivity contribution in [2.24, 2.45) is 5.92 Å². The molecule has 0 spiro atoms. The van der Waals surface area contributed by atoms with E-state index in [9.17, 15) is 0 Å². The van der Waals surface area contributed by atoms with E-state index in [1.54, 1.807) is 0 Å². The van der Waals surface area contributed by atoms with Gasteiger partial charge in [-0.05, 0) is 49.7 Å². The largest absolute Gasteiger partial charge is 0.311 e. The lowest BCUT2D eigenvalue weighted by atomic mass is 9.87. The van der Waals surface area contributed by atoms with Gasteiger partial charge in [-0.25, -0.2) is 0 Å². The Morgan fingerprint density at radius 1 is 1.27 bits per heavy atom. The van der Waals surface area contributed by atoms with Crippen LogP contribution in [0.3, 0.4) is 0 Å². The van der Waals surface area contributed by atoms with Crippen molar-refractivity contribution < 1.29 is 0 Å². The van der Waals surface area contributed by atoms with Crippen LogP contribution in [0.2, 0.25) is 0 Å². The number of hydrogen-bond acceptors (Lipinski definition) is 2. The zero-order valence-electron chi connectivity index (χ0n) is 9.02. The van der Waals surface area contributed by atoms with E-state index >= 15 is 0 Å². The van der Waals surface area contributed by atoms with Gasteiger partial charge in [0, 0.05) is 24.5 Å². The van der Waals surface area contributed by atoms with Gasteiger partial charge in [0.25, 0.3) is 0 Å². The molecule has 3 heterocycles. The molecule has 0 amide bonds. The van der Waals surface area contributed by atoms with Crippen LogP contribution < -0.4 is 5.32 Å². The Bertz CT molecular complexity index is 311. The topological polar surface area (TPSA) is 24.9 Å². The van der Waals surface area contributed by atoms with Crippen molar-refractivity contribution in [1.82, 2.24) is 10.3 Å². The molecule has 0 radical (unpaired) electrons. The van der Waals surface area contributed by atoms with E-state index in [-0.39, 0.29) is 0 Å². The van der Waals surface area contributed by atoms with Crippen molar-refractivity contribution in [3.8, 4) is 0 Å². The summed E-state index contributed by atoms with van der Waals surface area (Å²) < 4.78 is 0. The highest BCUT2D eigenvalue weighted by Gasteiger charge is 2.33. The molecule has 2 heteroatoms. The minimum absolute atomic E-state index is 0.811. The van der Waals surface area contributed by atoms with Gasteiger partial charge in [-0.1, -0.05) is 6.07 Å². The van der Waals surface area contributed by atoms with Gasteiger partial charge in [0.2, 0.25) is 0 Å². The van der Waals surface area contributed by atoms with Crippen molar-refractivity contribution in [1.29, 1.82) is 0 Å². The first-order chi connectivity index (χ1) is 7.40. The van der Waals surface area contributed by atoms with Crippen molar-refractivity contribution in [2.45, 2.75) is 44.2 Å². The van der Waals surface area contributed by atoms with E-state index in [1.807, 2.05) is 18.5 Å². The lowest BCUT2D eigenvalue weighted by Crippen LogP contribution is -2.38. The summed E-state index contributed by atoms with van der Waals surface area (Å²) in [6.07, 6.45) is 10.6. The fraction of sp³-hybridized carbons (Fsp3) is 0.615. The molecule has 1 aromatic rings. The van der Waals surface area contributed by atoms with Gasteiger partial charge in [0.05, 0.1) is 0 Å². The fourth-order valence-corrected chi connectivity index (χ4v) is 3.19. The second-order valence-electron chi connectivity index (χ2n) is 5.04. The third-order valence-electron chi connectivity index (χ3n) is 3.82. The van der Waals surface area contributed by atoms with Crippen molar-refractivity contribution >= 4 is 0 Å². The number of pyridine rings is 1. The maximum absolute atomic E-state index is 4.19. The predicted molar refractivity (Wildman–Crippen MR) is 60.6 cm³/mol. The van der Waals surface area contributed by atoms with Gasteiger partial charge >= 0.3 is 0 Å². The average Bonchev–Trinajstić information content (AvgIpc) is 2.60. The highest BCUT2D eigenvalue weighted by Crippen LogP contribution is 2.32. The number of fused-ring (bicyclic) bond motifs is 2. The summed E-state index contributed by atoms with van der Waals surface area (Å²) in [4.78, 5) is 4.19. The second-order valence-corrected chi connectivity index (χ2v) is 5.04. The highest BCUT2D eigenvalue weighted by atomic mass is 15.0. The summed E-state index contributed by atoms with van der Waals surface area (Å²) in [5, 5.41) is 3.69.